The molecule has 2 aliphatic rings. The Morgan fingerprint density at radius 1 is 0.381 bits per heavy atom. The summed E-state index contributed by atoms with van der Waals surface area (Å²) in [5.74, 6) is 1.83. The summed E-state index contributed by atoms with van der Waals surface area (Å²) in [5, 5.41) is 2.38. The van der Waals surface area contributed by atoms with Crippen LogP contribution in [0.15, 0.2) is 158 Å². The summed E-state index contributed by atoms with van der Waals surface area (Å²) < 4.78 is 6.40. The molecule has 0 spiro atoms. The Kier molecular flexibility index (Phi) is 4.88. The van der Waals surface area contributed by atoms with E-state index in [9.17, 15) is 0 Å². The lowest BCUT2D eigenvalue weighted by atomic mass is 9.67. The van der Waals surface area contributed by atoms with Gasteiger partial charge in [0, 0.05) is 10.9 Å². The summed E-state index contributed by atoms with van der Waals surface area (Å²) in [6, 6.07) is 57.3. The molecule has 1 aliphatic carbocycles. The van der Waals surface area contributed by atoms with E-state index in [-0.39, 0.29) is 0 Å². The molecule has 0 aromatic heterocycles. The largest absolute Gasteiger partial charge is 0.456 e. The minimum atomic E-state index is -0.410. The zero-order valence-electron chi connectivity index (χ0n) is 22.9. The van der Waals surface area contributed by atoms with E-state index in [1.807, 2.05) is 0 Å². The quantitative estimate of drug-likeness (QED) is 0.219. The first-order valence-corrected chi connectivity index (χ1v) is 14.5. The van der Waals surface area contributed by atoms with Gasteiger partial charge in [0.15, 0.2) is 0 Å². The van der Waals surface area contributed by atoms with Crippen molar-refractivity contribution >= 4 is 10.8 Å². The van der Waals surface area contributed by atoms with Crippen molar-refractivity contribution in [1.82, 2.24) is 0 Å². The lowest BCUT2D eigenvalue weighted by Crippen LogP contribution is -2.28. The van der Waals surface area contributed by atoms with Crippen LogP contribution in [-0.2, 0) is 5.41 Å². The molecule has 0 saturated heterocycles. The molecule has 7 aromatic rings. The van der Waals surface area contributed by atoms with Crippen LogP contribution >= 0.6 is 0 Å². The van der Waals surface area contributed by atoms with Crippen molar-refractivity contribution < 1.29 is 4.74 Å². The number of fused-ring (bicyclic) bond motifs is 5. The van der Waals surface area contributed by atoms with Gasteiger partial charge < -0.3 is 4.74 Å². The van der Waals surface area contributed by atoms with Crippen molar-refractivity contribution in [3.05, 3.63) is 180 Å². The van der Waals surface area contributed by atoms with Crippen LogP contribution in [0.2, 0.25) is 0 Å². The molecule has 0 atom stereocenters. The molecule has 0 bridgehead atoms. The first kappa shape index (κ1) is 23.3. The Morgan fingerprint density at radius 2 is 1.00 bits per heavy atom. The molecule has 0 amide bonds. The van der Waals surface area contributed by atoms with Gasteiger partial charge in [-0.3, -0.25) is 0 Å². The van der Waals surface area contributed by atoms with E-state index < -0.39 is 5.41 Å². The number of hydrogen-bond acceptors (Lipinski definition) is 1. The van der Waals surface area contributed by atoms with Gasteiger partial charge in [-0.1, -0.05) is 133 Å². The number of rotatable bonds is 3. The van der Waals surface area contributed by atoms with Crippen LogP contribution < -0.4 is 4.74 Å². The summed E-state index contributed by atoms with van der Waals surface area (Å²) >= 11 is 0. The molecule has 196 valence electrons. The van der Waals surface area contributed by atoms with E-state index >= 15 is 0 Å². The summed E-state index contributed by atoms with van der Waals surface area (Å²) in [7, 11) is 0. The molecule has 0 unspecified atom stereocenters. The van der Waals surface area contributed by atoms with Gasteiger partial charge in [0.1, 0.15) is 11.5 Å². The molecule has 1 nitrogen and oxygen atoms in total. The normalized spacial score (nSPS) is 13.6. The average Bonchev–Trinajstić information content (AvgIpc) is 3.37. The van der Waals surface area contributed by atoms with Gasteiger partial charge in [-0.2, -0.15) is 0 Å². The Bertz CT molecular complexity index is 2120. The maximum absolute atomic E-state index is 6.40. The highest BCUT2D eigenvalue weighted by atomic mass is 16.5. The molecular formula is C41H26O. The van der Waals surface area contributed by atoms with Crippen LogP contribution in [0, 0.1) is 0 Å². The highest BCUT2D eigenvalue weighted by Gasteiger charge is 2.45. The highest BCUT2D eigenvalue weighted by Crippen LogP contribution is 2.56. The Hall–Kier alpha value is -5.40. The number of benzene rings is 7. The monoisotopic (exact) mass is 534 g/mol. The fourth-order valence-electron chi connectivity index (χ4n) is 7.39. The molecule has 9 rings (SSSR count). The second-order valence-electron chi connectivity index (χ2n) is 11.3. The van der Waals surface area contributed by atoms with Crippen LogP contribution in [0.3, 0.4) is 0 Å². The smallest absolute Gasteiger partial charge is 0.135 e. The fourth-order valence-corrected chi connectivity index (χ4v) is 7.39. The Morgan fingerprint density at radius 3 is 1.79 bits per heavy atom. The first-order valence-electron chi connectivity index (χ1n) is 14.5. The lowest BCUT2D eigenvalue weighted by molar-refractivity contribution is 0.487. The van der Waals surface area contributed by atoms with E-state index in [1.54, 1.807) is 0 Å². The molecule has 7 aromatic carbocycles. The summed E-state index contributed by atoms with van der Waals surface area (Å²) in [6.07, 6.45) is 0. The minimum Gasteiger partial charge on any atom is -0.456 e. The highest BCUT2D eigenvalue weighted by molar-refractivity contribution is 6.04. The minimum absolute atomic E-state index is 0.410. The second kappa shape index (κ2) is 8.80. The average molecular weight is 535 g/mol. The zero-order chi connectivity index (χ0) is 27.7. The summed E-state index contributed by atoms with van der Waals surface area (Å²) in [5.41, 5.74) is 12.1. The number of hydrogen-bond donors (Lipinski definition) is 0. The van der Waals surface area contributed by atoms with E-state index in [0.29, 0.717) is 0 Å². The molecule has 42 heavy (non-hydrogen) atoms. The Labute approximate surface area is 245 Å². The predicted molar refractivity (Wildman–Crippen MR) is 172 cm³/mol. The SMILES string of the molecule is c1ccc(C2(c3cccc(-c4ccc5c(c4)-c4cccc6cccc(c46)O5)c3)c3ccccc3-c3ccccc32)cc1. The Balaban J connectivity index is 1.27. The molecule has 1 aliphatic heterocycles. The van der Waals surface area contributed by atoms with Crippen LogP contribution in [-0.4, -0.2) is 0 Å². The van der Waals surface area contributed by atoms with Crippen LogP contribution in [0.4, 0.5) is 0 Å². The maximum Gasteiger partial charge on any atom is 0.135 e. The first-order chi connectivity index (χ1) is 20.8. The topological polar surface area (TPSA) is 9.23 Å². The molecule has 0 saturated carbocycles. The van der Waals surface area contributed by atoms with Crippen molar-refractivity contribution in [3.63, 3.8) is 0 Å². The second-order valence-corrected chi connectivity index (χ2v) is 11.3. The fraction of sp³-hybridized carbons (Fsp3) is 0.0244. The predicted octanol–water partition coefficient (Wildman–Crippen LogP) is 10.6. The van der Waals surface area contributed by atoms with Crippen molar-refractivity contribution in [2.75, 3.05) is 0 Å². The maximum atomic E-state index is 6.40. The van der Waals surface area contributed by atoms with E-state index in [1.165, 1.54) is 60.8 Å². The van der Waals surface area contributed by atoms with E-state index in [2.05, 4.69) is 158 Å². The third-order valence-corrected chi connectivity index (χ3v) is 9.14. The van der Waals surface area contributed by atoms with Crippen LogP contribution in [0.1, 0.15) is 22.3 Å². The van der Waals surface area contributed by atoms with Gasteiger partial charge in [-0.15, -0.1) is 0 Å². The van der Waals surface area contributed by atoms with Crippen molar-refractivity contribution in [2.24, 2.45) is 0 Å². The summed E-state index contributed by atoms with van der Waals surface area (Å²) in [6.45, 7) is 0. The van der Waals surface area contributed by atoms with Gasteiger partial charge in [0.05, 0.1) is 5.41 Å². The molecule has 0 fully saturated rings. The van der Waals surface area contributed by atoms with Crippen molar-refractivity contribution in [2.45, 2.75) is 5.41 Å². The number of ether oxygens (including phenoxy) is 1. The van der Waals surface area contributed by atoms with Crippen molar-refractivity contribution in [1.29, 1.82) is 0 Å². The summed E-state index contributed by atoms with van der Waals surface area (Å²) in [4.78, 5) is 0. The zero-order valence-corrected chi connectivity index (χ0v) is 22.9. The van der Waals surface area contributed by atoms with E-state index in [4.69, 9.17) is 4.74 Å². The van der Waals surface area contributed by atoms with Crippen LogP contribution in [0.25, 0.3) is 44.2 Å². The lowest BCUT2D eigenvalue weighted by Gasteiger charge is -2.34. The molecule has 1 heterocycles. The van der Waals surface area contributed by atoms with Gasteiger partial charge in [-0.05, 0) is 79.7 Å². The van der Waals surface area contributed by atoms with Gasteiger partial charge >= 0.3 is 0 Å². The molecule has 0 N–H and O–H groups in total. The third kappa shape index (κ3) is 3.14. The standard InChI is InChI=1S/C41H26O/c1-2-14-30(15-3-1)41(36-20-6-4-17-32(36)33-18-5-7-21-37(33)41)31-16-8-13-28(25-31)29-23-24-38-35(26-29)34-19-9-11-27-12-10-22-39(42-38)40(27)34/h1-26H. The van der Waals surface area contributed by atoms with Gasteiger partial charge in [0.2, 0.25) is 0 Å². The molecule has 0 radical (unpaired) electrons. The molecule has 1 heteroatoms. The van der Waals surface area contributed by atoms with Crippen LogP contribution in [0.5, 0.6) is 11.5 Å². The van der Waals surface area contributed by atoms with Crippen molar-refractivity contribution in [3.8, 4) is 44.9 Å². The van der Waals surface area contributed by atoms with E-state index in [0.717, 1.165) is 17.1 Å². The van der Waals surface area contributed by atoms with Gasteiger partial charge in [0.25, 0.3) is 0 Å². The van der Waals surface area contributed by atoms with Gasteiger partial charge in [-0.25, -0.2) is 0 Å². The molecular weight excluding hydrogens is 508 g/mol. The third-order valence-electron chi connectivity index (χ3n) is 9.14.